The van der Waals surface area contributed by atoms with E-state index in [4.69, 9.17) is 5.26 Å². The second-order valence-corrected chi connectivity index (χ2v) is 5.90. The molecule has 0 bridgehead atoms. The summed E-state index contributed by atoms with van der Waals surface area (Å²) in [6.45, 7) is 3.77. The van der Waals surface area contributed by atoms with Crippen LogP contribution in [-0.4, -0.2) is 36.2 Å². The number of carbonyl (C=O) groups excluding carboxylic acids is 2. The van der Waals surface area contributed by atoms with Crippen LogP contribution in [0, 0.1) is 11.3 Å². The molecular formula is C18H23N3O2. The second-order valence-electron chi connectivity index (χ2n) is 5.90. The van der Waals surface area contributed by atoms with Gasteiger partial charge in [-0.25, -0.2) is 0 Å². The maximum Gasteiger partial charge on any atom is 0.222 e. The Bertz CT molecular complexity index is 619. The van der Waals surface area contributed by atoms with E-state index in [9.17, 15) is 9.59 Å². The summed E-state index contributed by atoms with van der Waals surface area (Å²) in [7, 11) is 0. The van der Waals surface area contributed by atoms with Crippen LogP contribution in [0.3, 0.4) is 0 Å². The Kier molecular flexibility index (Phi) is 6.16. The molecule has 2 rings (SSSR count). The van der Waals surface area contributed by atoms with Crippen LogP contribution in [0.1, 0.15) is 54.9 Å². The van der Waals surface area contributed by atoms with E-state index in [0.717, 1.165) is 38.8 Å². The van der Waals surface area contributed by atoms with Gasteiger partial charge in [0.25, 0.3) is 0 Å². The number of rotatable bonds is 6. The van der Waals surface area contributed by atoms with Crippen molar-refractivity contribution in [2.45, 2.75) is 39.0 Å². The van der Waals surface area contributed by atoms with Gasteiger partial charge in [0.2, 0.25) is 5.91 Å². The quantitative estimate of drug-likeness (QED) is 0.647. The van der Waals surface area contributed by atoms with Gasteiger partial charge in [-0.15, -0.1) is 0 Å². The lowest BCUT2D eigenvalue weighted by molar-refractivity contribution is -0.130. The maximum absolute atomic E-state index is 11.9. The summed E-state index contributed by atoms with van der Waals surface area (Å²) in [5.74, 6) is 0.220. The summed E-state index contributed by atoms with van der Waals surface area (Å²) >= 11 is 0. The van der Waals surface area contributed by atoms with Crippen molar-refractivity contribution in [1.29, 1.82) is 5.26 Å². The minimum absolute atomic E-state index is 0.0281. The third-order valence-electron chi connectivity index (χ3n) is 4.12. The summed E-state index contributed by atoms with van der Waals surface area (Å²) in [5.41, 5.74) is 1.81. The average molecular weight is 313 g/mol. The molecule has 1 heterocycles. The average Bonchev–Trinajstić information content (AvgIpc) is 2.75. The number of nitriles is 1. The monoisotopic (exact) mass is 313 g/mol. The molecule has 1 aromatic rings. The summed E-state index contributed by atoms with van der Waals surface area (Å²) < 4.78 is 0. The zero-order valence-electron chi connectivity index (χ0n) is 13.6. The van der Waals surface area contributed by atoms with Crippen molar-refractivity contribution in [3.8, 4) is 6.07 Å². The van der Waals surface area contributed by atoms with E-state index in [1.165, 1.54) is 6.92 Å². The van der Waals surface area contributed by atoms with E-state index in [0.29, 0.717) is 29.8 Å². The summed E-state index contributed by atoms with van der Waals surface area (Å²) in [5, 5.41) is 12.2. The molecular weight excluding hydrogens is 290 g/mol. The Morgan fingerprint density at radius 1 is 1.35 bits per heavy atom. The van der Waals surface area contributed by atoms with Crippen LogP contribution in [0.4, 0.5) is 5.69 Å². The summed E-state index contributed by atoms with van der Waals surface area (Å²) in [4.78, 5) is 25.5. The van der Waals surface area contributed by atoms with Crippen LogP contribution < -0.4 is 5.32 Å². The predicted molar refractivity (Wildman–Crippen MR) is 89.3 cm³/mol. The van der Waals surface area contributed by atoms with E-state index in [1.807, 2.05) is 4.90 Å². The third kappa shape index (κ3) is 4.82. The number of amides is 1. The van der Waals surface area contributed by atoms with Gasteiger partial charge < -0.3 is 10.2 Å². The van der Waals surface area contributed by atoms with Crippen LogP contribution in [-0.2, 0) is 4.79 Å². The van der Waals surface area contributed by atoms with Gasteiger partial charge in [-0.2, -0.15) is 5.26 Å². The highest BCUT2D eigenvalue weighted by Gasteiger charge is 2.15. The van der Waals surface area contributed by atoms with Gasteiger partial charge >= 0.3 is 0 Å². The van der Waals surface area contributed by atoms with Crippen LogP contribution in [0.5, 0.6) is 0 Å². The first-order valence-electron chi connectivity index (χ1n) is 8.18. The SMILES string of the molecule is CC(=O)c1ccc(C#N)cc1NCCCN1CCCCCC1=O. The van der Waals surface area contributed by atoms with Crippen molar-refractivity contribution < 1.29 is 9.59 Å². The number of ketones is 1. The van der Waals surface area contributed by atoms with Gasteiger partial charge in [-0.05, 0) is 44.4 Å². The van der Waals surface area contributed by atoms with Crippen molar-refractivity contribution >= 4 is 17.4 Å². The van der Waals surface area contributed by atoms with Crippen molar-refractivity contribution in [3.05, 3.63) is 29.3 Å². The molecule has 1 aliphatic heterocycles. The van der Waals surface area contributed by atoms with Crippen LogP contribution in [0.15, 0.2) is 18.2 Å². The third-order valence-corrected chi connectivity index (χ3v) is 4.12. The van der Waals surface area contributed by atoms with Crippen molar-refractivity contribution in [2.75, 3.05) is 25.0 Å². The van der Waals surface area contributed by atoms with E-state index in [-0.39, 0.29) is 11.7 Å². The molecule has 1 aromatic carbocycles. The molecule has 1 amide bonds. The van der Waals surface area contributed by atoms with Crippen LogP contribution in [0.2, 0.25) is 0 Å². The van der Waals surface area contributed by atoms with E-state index in [1.54, 1.807) is 18.2 Å². The number of hydrogen-bond donors (Lipinski definition) is 1. The molecule has 122 valence electrons. The normalized spacial score (nSPS) is 15.0. The Morgan fingerprint density at radius 3 is 2.91 bits per heavy atom. The molecule has 23 heavy (non-hydrogen) atoms. The number of nitrogens with zero attached hydrogens (tertiary/aromatic N) is 2. The number of nitrogens with one attached hydrogen (secondary N) is 1. The first-order valence-corrected chi connectivity index (χ1v) is 8.18. The molecule has 0 unspecified atom stereocenters. The van der Waals surface area contributed by atoms with Gasteiger partial charge in [0.15, 0.2) is 5.78 Å². The first-order chi connectivity index (χ1) is 11.1. The lowest BCUT2D eigenvalue weighted by Crippen LogP contribution is -2.32. The zero-order valence-corrected chi connectivity index (χ0v) is 13.6. The summed E-state index contributed by atoms with van der Waals surface area (Å²) in [6.07, 6.45) is 4.68. The minimum atomic E-state index is -0.0281. The van der Waals surface area contributed by atoms with E-state index < -0.39 is 0 Å². The Balaban J connectivity index is 1.89. The predicted octanol–water partition coefficient (Wildman–Crippen LogP) is 2.97. The van der Waals surface area contributed by atoms with Crippen LogP contribution in [0.25, 0.3) is 0 Å². The number of benzene rings is 1. The maximum atomic E-state index is 11.9. The van der Waals surface area contributed by atoms with Gasteiger partial charge in [-0.1, -0.05) is 6.42 Å². The molecule has 5 heteroatoms. The number of anilines is 1. The number of Topliss-reactive ketones (excluding diaryl/α,β-unsaturated/α-hetero) is 1. The fourth-order valence-electron chi connectivity index (χ4n) is 2.84. The second kappa shape index (κ2) is 8.33. The smallest absolute Gasteiger partial charge is 0.222 e. The fourth-order valence-corrected chi connectivity index (χ4v) is 2.84. The Morgan fingerprint density at radius 2 is 2.17 bits per heavy atom. The van der Waals surface area contributed by atoms with Crippen LogP contribution >= 0.6 is 0 Å². The minimum Gasteiger partial charge on any atom is -0.384 e. The molecule has 0 aromatic heterocycles. The fraction of sp³-hybridized carbons (Fsp3) is 0.500. The molecule has 1 aliphatic rings. The van der Waals surface area contributed by atoms with E-state index in [2.05, 4.69) is 11.4 Å². The first kappa shape index (κ1) is 17.0. The molecule has 1 N–H and O–H groups in total. The standard InChI is InChI=1S/C18H23N3O2/c1-14(22)16-8-7-15(13-19)12-17(16)20-9-5-11-21-10-4-2-3-6-18(21)23/h7-8,12,20H,2-6,9-11H2,1H3. The topological polar surface area (TPSA) is 73.2 Å². The summed E-state index contributed by atoms with van der Waals surface area (Å²) in [6, 6.07) is 7.12. The van der Waals surface area contributed by atoms with Crippen molar-refractivity contribution in [1.82, 2.24) is 4.90 Å². The zero-order chi connectivity index (χ0) is 16.7. The Hall–Kier alpha value is -2.35. The number of likely N-dealkylation sites (tertiary alicyclic amines) is 1. The highest BCUT2D eigenvalue weighted by molar-refractivity contribution is 5.99. The van der Waals surface area contributed by atoms with Gasteiger partial charge in [0.1, 0.15) is 0 Å². The van der Waals surface area contributed by atoms with Gasteiger partial charge in [0, 0.05) is 37.3 Å². The Labute approximate surface area is 137 Å². The molecule has 0 atom stereocenters. The van der Waals surface area contributed by atoms with Crippen molar-refractivity contribution in [3.63, 3.8) is 0 Å². The van der Waals surface area contributed by atoms with Gasteiger partial charge in [0.05, 0.1) is 11.6 Å². The largest absolute Gasteiger partial charge is 0.384 e. The van der Waals surface area contributed by atoms with Gasteiger partial charge in [-0.3, -0.25) is 9.59 Å². The number of carbonyl (C=O) groups is 2. The molecule has 0 radical (unpaired) electrons. The highest BCUT2D eigenvalue weighted by atomic mass is 16.2. The van der Waals surface area contributed by atoms with Crippen molar-refractivity contribution in [2.24, 2.45) is 0 Å². The molecule has 1 fully saturated rings. The van der Waals surface area contributed by atoms with E-state index >= 15 is 0 Å². The number of hydrogen-bond acceptors (Lipinski definition) is 4. The molecule has 0 saturated carbocycles. The molecule has 0 aliphatic carbocycles. The lowest BCUT2D eigenvalue weighted by Gasteiger charge is -2.20. The highest BCUT2D eigenvalue weighted by Crippen LogP contribution is 2.18. The molecule has 0 spiro atoms. The lowest BCUT2D eigenvalue weighted by atomic mass is 10.1. The molecule has 5 nitrogen and oxygen atoms in total. The molecule has 1 saturated heterocycles.